The van der Waals surface area contributed by atoms with Crippen molar-refractivity contribution in [1.29, 1.82) is 0 Å². The number of hydrogen-bond donors (Lipinski definition) is 2. The number of nitro groups is 1. The maximum atomic E-state index is 11.8. The SMILES string of the molecule is CC(C)CC(CNC(=O)c1ccc([N+](=O)[O-])o1)CC(=O)O. The van der Waals surface area contributed by atoms with E-state index < -0.39 is 22.7 Å². The smallest absolute Gasteiger partial charge is 0.433 e. The molecule has 1 heterocycles. The molecule has 0 aliphatic carbocycles. The van der Waals surface area contributed by atoms with Crippen molar-refractivity contribution in [3.63, 3.8) is 0 Å². The number of carboxylic acid groups (broad SMARTS) is 1. The topological polar surface area (TPSA) is 123 Å². The lowest BCUT2D eigenvalue weighted by Crippen LogP contribution is -2.30. The molecule has 0 bridgehead atoms. The van der Waals surface area contributed by atoms with Gasteiger partial charge in [-0.1, -0.05) is 13.8 Å². The monoisotopic (exact) mass is 298 g/mol. The zero-order valence-corrected chi connectivity index (χ0v) is 11.9. The molecule has 21 heavy (non-hydrogen) atoms. The Morgan fingerprint density at radius 3 is 2.57 bits per heavy atom. The van der Waals surface area contributed by atoms with Crippen LogP contribution in [0.1, 0.15) is 37.2 Å². The van der Waals surface area contributed by atoms with Gasteiger partial charge < -0.3 is 14.8 Å². The van der Waals surface area contributed by atoms with Crippen LogP contribution in [0.2, 0.25) is 0 Å². The third kappa shape index (κ3) is 5.64. The maximum absolute atomic E-state index is 11.8. The van der Waals surface area contributed by atoms with E-state index >= 15 is 0 Å². The maximum Gasteiger partial charge on any atom is 0.433 e. The van der Waals surface area contributed by atoms with Crippen LogP contribution in [-0.4, -0.2) is 28.5 Å². The van der Waals surface area contributed by atoms with Crippen LogP contribution in [0.25, 0.3) is 0 Å². The molecule has 8 nitrogen and oxygen atoms in total. The predicted octanol–water partition coefficient (Wildman–Crippen LogP) is 2.05. The van der Waals surface area contributed by atoms with E-state index in [2.05, 4.69) is 5.32 Å². The molecule has 0 aromatic carbocycles. The summed E-state index contributed by atoms with van der Waals surface area (Å²) in [5.41, 5.74) is 0. The molecule has 1 aromatic heterocycles. The van der Waals surface area contributed by atoms with Crippen molar-refractivity contribution in [2.24, 2.45) is 11.8 Å². The molecule has 0 aliphatic heterocycles. The van der Waals surface area contributed by atoms with E-state index in [1.54, 1.807) is 0 Å². The first-order chi connectivity index (χ1) is 9.79. The minimum atomic E-state index is -0.927. The first-order valence-corrected chi connectivity index (χ1v) is 6.53. The Kier molecular flexibility index (Phi) is 5.89. The molecule has 1 amide bonds. The third-order valence-electron chi connectivity index (χ3n) is 2.81. The van der Waals surface area contributed by atoms with Crippen molar-refractivity contribution in [3.8, 4) is 0 Å². The van der Waals surface area contributed by atoms with Crippen LogP contribution in [0.5, 0.6) is 0 Å². The highest BCUT2D eigenvalue weighted by molar-refractivity contribution is 5.91. The highest BCUT2D eigenvalue weighted by Gasteiger charge is 2.20. The third-order valence-corrected chi connectivity index (χ3v) is 2.81. The first-order valence-electron chi connectivity index (χ1n) is 6.53. The van der Waals surface area contributed by atoms with Crippen molar-refractivity contribution < 1.29 is 24.0 Å². The molecular formula is C13H18N2O6. The van der Waals surface area contributed by atoms with E-state index in [1.807, 2.05) is 13.8 Å². The van der Waals surface area contributed by atoms with Crippen LogP contribution in [0.15, 0.2) is 16.5 Å². The molecule has 116 valence electrons. The Hall–Kier alpha value is -2.38. The highest BCUT2D eigenvalue weighted by Crippen LogP contribution is 2.17. The van der Waals surface area contributed by atoms with Gasteiger partial charge in [0.25, 0.3) is 5.91 Å². The summed E-state index contributed by atoms with van der Waals surface area (Å²) in [6, 6.07) is 2.31. The largest absolute Gasteiger partial charge is 0.481 e. The number of furan rings is 1. The van der Waals surface area contributed by atoms with E-state index in [0.717, 1.165) is 6.07 Å². The Balaban J connectivity index is 2.59. The zero-order chi connectivity index (χ0) is 16.0. The number of carboxylic acids is 1. The Morgan fingerprint density at radius 1 is 1.43 bits per heavy atom. The van der Waals surface area contributed by atoms with Gasteiger partial charge in [0.15, 0.2) is 5.76 Å². The molecule has 2 N–H and O–H groups in total. The molecular weight excluding hydrogens is 280 g/mol. The quantitative estimate of drug-likeness (QED) is 0.559. The number of carbonyl (C=O) groups is 2. The standard InChI is InChI=1S/C13H18N2O6/c1-8(2)5-9(6-12(16)17)7-14-13(18)10-3-4-11(21-10)15(19)20/h3-4,8-9H,5-7H2,1-2H3,(H,14,18)(H,16,17). The Labute approximate surface area is 121 Å². The van der Waals surface area contributed by atoms with E-state index in [-0.39, 0.29) is 24.6 Å². The van der Waals surface area contributed by atoms with Crippen molar-refractivity contribution in [2.75, 3.05) is 6.54 Å². The van der Waals surface area contributed by atoms with Gasteiger partial charge in [-0.25, -0.2) is 0 Å². The van der Waals surface area contributed by atoms with Crippen molar-refractivity contribution in [2.45, 2.75) is 26.7 Å². The minimum Gasteiger partial charge on any atom is -0.481 e. The Morgan fingerprint density at radius 2 is 2.10 bits per heavy atom. The van der Waals surface area contributed by atoms with E-state index in [0.29, 0.717) is 12.3 Å². The number of hydrogen-bond acceptors (Lipinski definition) is 5. The molecule has 1 aromatic rings. The molecule has 0 saturated carbocycles. The molecule has 1 atom stereocenters. The van der Waals surface area contributed by atoms with E-state index in [1.165, 1.54) is 6.07 Å². The van der Waals surface area contributed by atoms with Gasteiger partial charge in [-0.3, -0.25) is 19.7 Å². The highest BCUT2D eigenvalue weighted by atomic mass is 16.6. The van der Waals surface area contributed by atoms with Crippen LogP contribution in [-0.2, 0) is 4.79 Å². The lowest BCUT2D eigenvalue weighted by atomic mass is 9.94. The summed E-state index contributed by atoms with van der Waals surface area (Å²) in [4.78, 5) is 32.3. The summed E-state index contributed by atoms with van der Waals surface area (Å²) < 4.78 is 4.77. The summed E-state index contributed by atoms with van der Waals surface area (Å²) >= 11 is 0. The molecule has 0 radical (unpaired) electrons. The summed E-state index contributed by atoms with van der Waals surface area (Å²) in [6.45, 7) is 4.11. The van der Waals surface area contributed by atoms with Crippen LogP contribution < -0.4 is 5.32 Å². The summed E-state index contributed by atoms with van der Waals surface area (Å²) in [5.74, 6) is -2.09. The first kappa shape index (κ1) is 16.7. The second kappa shape index (κ2) is 7.41. The van der Waals surface area contributed by atoms with Gasteiger partial charge >= 0.3 is 11.9 Å². The van der Waals surface area contributed by atoms with Gasteiger partial charge in [-0.2, -0.15) is 0 Å². The molecule has 0 saturated heterocycles. The van der Waals surface area contributed by atoms with Gasteiger partial charge in [0.05, 0.1) is 6.07 Å². The number of carbonyl (C=O) groups excluding carboxylic acids is 1. The van der Waals surface area contributed by atoms with Gasteiger partial charge in [0.1, 0.15) is 4.92 Å². The number of rotatable bonds is 8. The zero-order valence-electron chi connectivity index (χ0n) is 11.9. The second-order valence-corrected chi connectivity index (χ2v) is 5.20. The molecule has 8 heteroatoms. The van der Waals surface area contributed by atoms with Gasteiger partial charge in [-0.15, -0.1) is 0 Å². The number of nitrogens with one attached hydrogen (secondary N) is 1. The molecule has 0 fully saturated rings. The molecule has 0 aliphatic rings. The van der Waals surface area contributed by atoms with Crippen molar-refractivity contribution in [1.82, 2.24) is 5.32 Å². The average molecular weight is 298 g/mol. The van der Waals surface area contributed by atoms with E-state index in [9.17, 15) is 19.7 Å². The van der Waals surface area contributed by atoms with Crippen molar-refractivity contribution in [3.05, 3.63) is 28.0 Å². The van der Waals surface area contributed by atoms with Crippen LogP contribution in [0.3, 0.4) is 0 Å². The Bertz CT molecular complexity index is 522. The minimum absolute atomic E-state index is 0.0449. The summed E-state index contributed by atoms with van der Waals surface area (Å²) in [5, 5.41) is 21.8. The summed E-state index contributed by atoms with van der Waals surface area (Å²) in [6.07, 6.45) is 0.613. The molecule has 1 unspecified atom stereocenters. The van der Waals surface area contributed by atoms with E-state index in [4.69, 9.17) is 9.52 Å². The fourth-order valence-corrected chi connectivity index (χ4v) is 2.02. The van der Waals surface area contributed by atoms with Crippen molar-refractivity contribution >= 4 is 17.8 Å². The molecule has 1 rings (SSSR count). The van der Waals surface area contributed by atoms with Crippen LogP contribution in [0, 0.1) is 22.0 Å². The second-order valence-electron chi connectivity index (χ2n) is 5.20. The van der Waals surface area contributed by atoms with Gasteiger partial charge in [0.2, 0.25) is 0 Å². The number of nitrogens with zero attached hydrogens (tertiary/aromatic N) is 1. The van der Waals surface area contributed by atoms with Gasteiger partial charge in [-0.05, 0) is 24.3 Å². The number of aliphatic carboxylic acids is 1. The lowest BCUT2D eigenvalue weighted by Gasteiger charge is -2.17. The lowest BCUT2D eigenvalue weighted by molar-refractivity contribution is -0.402. The van der Waals surface area contributed by atoms with Crippen LogP contribution in [0.4, 0.5) is 5.88 Å². The molecule has 0 spiro atoms. The van der Waals surface area contributed by atoms with Crippen LogP contribution >= 0.6 is 0 Å². The summed E-state index contributed by atoms with van der Waals surface area (Å²) in [7, 11) is 0. The number of amides is 1. The van der Waals surface area contributed by atoms with Gasteiger partial charge in [0, 0.05) is 13.0 Å². The normalized spacial score (nSPS) is 12.1. The fraction of sp³-hybridized carbons (Fsp3) is 0.538. The predicted molar refractivity (Wildman–Crippen MR) is 72.9 cm³/mol. The fourth-order valence-electron chi connectivity index (χ4n) is 2.02. The average Bonchev–Trinajstić information content (AvgIpc) is 2.83.